The van der Waals surface area contributed by atoms with Crippen LogP contribution in [0.1, 0.15) is 19.8 Å². The van der Waals surface area contributed by atoms with Gasteiger partial charge in [-0.1, -0.05) is 0 Å². The molecule has 0 bridgehead atoms. The Balaban J connectivity index is 1.42. The van der Waals surface area contributed by atoms with Crippen molar-refractivity contribution in [1.82, 2.24) is 24.5 Å². The minimum atomic E-state index is -2.18. The molecule has 152 valence electrons. The molecule has 0 radical (unpaired) electrons. The number of nitrogens with one attached hydrogen (secondary N) is 1. The summed E-state index contributed by atoms with van der Waals surface area (Å²) in [5.74, 6) is 1.59. The summed E-state index contributed by atoms with van der Waals surface area (Å²) >= 11 is -2.18. The molecular formula is C19H21N6O3S-. The number of hydrogen-bond acceptors (Lipinski definition) is 7. The zero-order valence-electron chi connectivity index (χ0n) is 16.0. The Morgan fingerprint density at radius 1 is 1.17 bits per heavy atom. The number of piperazine rings is 1. The van der Waals surface area contributed by atoms with Gasteiger partial charge in [0.25, 0.3) is 0 Å². The van der Waals surface area contributed by atoms with E-state index in [-0.39, 0.29) is 5.60 Å². The summed E-state index contributed by atoms with van der Waals surface area (Å²) in [6, 6.07) is 7.83. The van der Waals surface area contributed by atoms with Crippen LogP contribution in [0, 0.1) is 0 Å². The van der Waals surface area contributed by atoms with Crippen molar-refractivity contribution in [3.8, 4) is 17.1 Å². The van der Waals surface area contributed by atoms with Crippen LogP contribution in [0.15, 0.2) is 30.6 Å². The molecule has 0 amide bonds. The van der Waals surface area contributed by atoms with Crippen molar-refractivity contribution in [2.75, 3.05) is 31.1 Å². The van der Waals surface area contributed by atoms with E-state index in [9.17, 15) is 8.76 Å². The molecule has 1 aliphatic heterocycles. The van der Waals surface area contributed by atoms with Crippen LogP contribution in [0.3, 0.4) is 0 Å². The van der Waals surface area contributed by atoms with Crippen LogP contribution in [-0.2, 0) is 11.3 Å². The number of aromatic nitrogens is 4. The third-order valence-electron chi connectivity index (χ3n) is 5.52. The molecule has 5 rings (SSSR count). The van der Waals surface area contributed by atoms with Crippen molar-refractivity contribution in [1.29, 1.82) is 0 Å². The summed E-state index contributed by atoms with van der Waals surface area (Å²) < 4.78 is 29.7. The van der Waals surface area contributed by atoms with Crippen molar-refractivity contribution in [2.45, 2.75) is 25.4 Å². The molecule has 2 aliphatic rings. The average Bonchev–Trinajstić information content (AvgIpc) is 3.31. The van der Waals surface area contributed by atoms with E-state index in [0.717, 1.165) is 41.0 Å². The number of benzene rings is 1. The number of aromatic amines is 1. The molecule has 1 saturated carbocycles. The third-order valence-corrected chi connectivity index (χ3v) is 6.31. The van der Waals surface area contributed by atoms with Crippen LogP contribution in [0.5, 0.6) is 5.75 Å². The van der Waals surface area contributed by atoms with Crippen LogP contribution < -0.4 is 9.64 Å². The molecule has 1 aromatic carbocycles. The lowest BCUT2D eigenvalue weighted by Crippen LogP contribution is -2.47. The molecule has 3 aromatic rings. The highest BCUT2D eigenvalue weighted by atomic mass is 32.2. The molecule has 1 aliphatic carbocycles. The Hall–Kier alpha value is -2.56. The number of H-pyrrole nitrogens is 1. The SMILES string of the molecule is CC1(Oc2ccc3[nH]nc(-c4cc(N5CCN(S(=O)[O-])CC5)ncn4)c3c2)CC1. The maximum absolute atomic E-state index is 11.1. The first kappa shape index (κ1) is 18.5. The molecule has 9 nitrogen and oxygen atoms in total. The molecule has 2 aromatic heterocycles. The van der Waals surface area contributed by atoms with Gasteiger partial charge in [-0.25, -0.2) is 14.3 Å². The standard InChI is InChI=1S/C19H22N6O3S/c1-19(4-5-19)28-13-2-3-15-14(10-13)18(23-22-15)16-11-17(21-12-20-16)24-6-8-25(9-7-24)29(26)27/h2-3,10-12H,4-9H2,1H3,(H,22,23)(H,26,27)/p-1. The monoisotopic (exact) mass is 413 g/mol. The van der Waals surface area contributed by atoms with Gasteiger partial charge >= 0.3 is 0 Å². The Labute approximate surface area is 170 Å². The minimum absolute atomic E-state index is 0.0461. The van der Waals surface area contributed by atoms with E-state index >= 15 is 0 Å². The maximum atomic E-state index is 11.1. The molecular weight excluding hydrogens is 392 g/mol. The van der Waals surface area contributed by atoms with Crippen LogP contribution in [0.4, 0.5) is 5.82 Å². The predicted molar refractivity (Wildman–Crippen MR) is 108 cm³/mol. The Morgan fingerprint density at radius 3 is 2.69 bits per heavy atom. The maximum Gasteiger partial charge on any atom is 0.132 e. The number of ether oxygens (including phenoxy) is 1. The number of rotatable bonds is 5. The van der Waals surface area contributed by atoms with E-state index in [1.165, 1.54) is 10.6 Å². The number of nitrogens with zero attached hydrogens (tertiary/aromatic N) is 5. The summed E-state index contributed by atoms with van der Waals surface area (Å²) in [5, 5.41) is 8.46. The second-order valence-electron chi connectivity index (χ2n) is 7.73. The zero-order valence-corrected chi connectivity index (χ0v) is 16.8. The number of hydrogen-bond donors (Lipinski definition) is 1. The predicted octanol–water partition coefficient (Wildman–Crippen LogP) is 1.87. The number of anilines is 1. The van der Waals surface area contributed by atoms with Crippen molar-refractivity contribution in [3.05, 3.63) is 30.6 Å². The summed E-state index contributed by atoms with van der Waals surface area (Å²) in [6.45, 7) is 4.18. The zero-order chi connectivity index (χ0) is 20.0. The molecule has 0 spiro atoms. The molecule has 1 atom stereocenters. The first-order chi connectivity index (χ1) is 14.0. The van der Waals surface area contributed by atoms with Crippen molar-refractivity contribution < 1.29 is 13.5 Å². The van der Waals surface area contributed by atoms with Crippen molar-refractivity contribution >= 4 is 28.0 Å². The molecule has 1 saturated heterocycles. The van der Waals surface area contributed by atoms with E-state index in [1.807, 2.05) is 24.3 Å². The van der Waals surface area contributed by atoms with Gasteiger partial charge < -0.3 is 14.2 Å². The molecule has 29 heavy (non-hydrogen) atoms. The summed E-state index contributed by atoms with van der Waals surface area (Å²) in [5.41, 5.74) is 2.33. The van der Waals surface area contributed by atoms with Gasteiger partial charge in [-0.05, 0) is 38.0 Å². The van der Waals surface area contributed by atoms with Crippen LogP contribution in [-0.4, -0.2) is 65.0 Å². The van der Waals surface area contributed by atoms with Gasteiger partial charge in [0.1, 0.15) is 29.2 Å². The van der Waals surface area contributed by atoms with Crippen molar-refractivity contribution in [3.63, 3.8) is 0 Å². The van der Waals surface area contributed by atoms with Gasteiger partial charge in [0, 0.05) is 48.9 Å². The second-order valence-corrected chi connectivity index (χ2v) is 8.68. The largest absolute Gasteiger partial charge is 0.760 e. The van der Waals surface area contributed by atoms with Crippen LogP contribution in [0.25, 0.3) is 22.3 Å². The first-order valence-electron chi connectivity index (χ1n) is 9.60. The summed E-state index contributed by atoms with van der Waals surface area (Å²) in [6.07, 6.45) is 3.67. The fourth-order valence-corrected chi connectivity index (χ4v) is 3.99. The molecule has 1 N–H and O–H groups in total. The van der Waals surface area contributed by atoms with Gasteiger partial charge in [-0.2, -0.15) is 5.10 Å². The molecule has 1 unspecified atom stereocenters. The normalized spacial score (nSPS) is 20.0. The van der Waals surface area contributed by atoms with Crippen LogP contribution in [0.2, 0.25) is 0 Å². The fraction of sp³-hybridized carbons (Fsp3) is 0.421. The average molecular weight is 413 g/mol. The van der Waals surface area contributed by atoms with Gasteiger partial charge in [-0.3, -0.25) is 9.31 Å². The first-order valence-corrected chi connectivity index (χ1v) is 10.6. The highest BCUT2D eigenvalue weighted by Gasteiger charge is 2.40. The number of fused-ring (bicyclic) bond motifs is 1. The van der Waals surface area contributed by atoms with E-state index < -0.39 is 11.3 Å². The van der Waals surface area contributed by atoms with E-state index in [0.29, 0.717) is 31.9 Å². The van der Waals surface area contributed by atoms with E-state index in [4.69, 9.17) is 4.74 Å². The fourth-order valence-electron chi connectivity index (χ4n) is 3.53. The minimum Gasteiger partial charge on any atom is -0.760 e. The second kappa shape index (κ2) is 7.05. The lowest BCUT2D eigenvalue weighted by molar-refractivity contribution is 0.200. The Kier molecular flexibility index (Phi) is 4.49. The van der Waals surface area contributed by atoms with Crippen molar-refractivity contribution in [2.24, 2.45) is 0 Å². The van der Waals surface area contributed by atoms with Gasteiger partial charge in [0.2, 0.25) is 0 Å². The van der Waals surface area contributed by atoms with Gasteiger partial charge in [0.15, 0.2) is 0 Å². The smallest absolute Gasteiger partial charge is 0.132 e. The van der Waals surface area contributed by atoms with Gasteiger partial charge in [0.05, 0.1) is 11.2 Å². The van der Waals surface area contributed by atoms with Gasteiger partial charge in [-0.15, -0.1) is 0 Å². The van der Waals surface area contributed by atoms with Crippen LogP contribution >= 0.6 is 0 Å². The highest BCUT2D eigenvalue weighted by molar-refractivity contribution is 7.76. The lowest BCUT2D eigenvalue weighted by Gasteiger charge is -2.35. The quantitative estimate of drug-likeness (QED) is 0.636. The lowest BCUT2D eigenvalue weighted by atomic mass is 10.1. The van der Waals surface area contributed by atoms with E-state index in [2.05, 4.69) is 32.0 Å². The van der Waals surface area contributed by atoms with E-state index in [1.54, 1.807) is 0 Å². The Bertz CT molecular complexity index is 1070. The summed E-state index contributed by atoms with van der Waals surface area (Å²) in [7, 11) is 0. The highest BCUT2D eigenvalue weighted by Crippen LogP contribution is 2.40. The third kappa shape index (κ3) is 3.70. The molecule has 3 heterocycles. The molecule has 2 fully saturated rings. The summed E-state index contributed by atoms with van der Waals surface area (Å²) in [4.78, 5) is 10.9. The Morgan fingerprint density at radius 2 is 1.97 bits per heavy atom. The molecule has 10 heteroatoms. The topological polar surface area (TPSA) is 110 Å².